The van der Waals surface area contributed by atoms with E-state index < -0.39 is 16.2 Å². The summed E-state index contributed by atoms with van der Waals surface area (Å²) in [6, 6.07) is 5.92. The Morgan fingerprint density at radius 1 is 1.33 bits per heavy atom. The lowest BCUT2D eigenvalue weighted by molar-refractivity contribution is -0.384. The lowest BCUT2D eigenvalue weighted by atomic mass is 10.1. The van der Waals surface area contributed by atoms with E-state index in [9.17, 15) is 19.7 Å². The number of anilines is 1. The molecule has 2 N–H and O–H groups in total. The number of non-ortho nitro benzene ring substituents is 1. The van der Waals surface area contributed by atoms with Gasteiger partial charge in [0.05, 0.1) is 10.6 Å². The Labute approximate surface area is 174 Å². The molecule has 2 heterocycles. The summed E-state index contributed by atoms with van der Waals surface area (Å²) < 4.78 is 2.77. The quantitative estimate of drug-likeness (QED) is 0.348. The molecule has 3 aromatic rings. The third-order valence-corrected chi connectivity index (χ3v) is 4.54. The average Bonchev–Trinajstić information content (AvgIpc) is 3.08. The first-order valence-corrected chi connectivity index (χ1v) is 9.13. The Morgan fingerprint density at radius 3 is 2.60 bits per heavy atom. The largest absolute Gasteiger partial charge is 0.329 e. The van der Waals surface area contributed by atoms with Crippen LogP contribution in [0.4, 0.5) is 11.6 Å². The number of hydrogen-bond acceptors (Lipinski definition) is 7. The second-order valence-corrected chi connectivity index (χ2v) is 7.04. The molecule has 0 aliphatic rings. The second-order valence-electron chi connectivity index (χ2n) is 6.44. The van der Waals surface area contributed by atoms with Crippen LogP contribution in [0.25, 0.3) is 11.2 Å². The van der Waals surface area contributed by atoms with Gasteiger partial charge in [-0.1, -0.05) is 17.7 Å². The van der Waals surface area contributed by atoms with E-state index in [1.165, 1.54) is 23.7 Å². The van der Waals surface area contributed by atoms with Crippen molar-refractivity contribution in [3.8, 4) is 0 Å². The molecule has 0 saturated heterocycles. The number of nitrogens with one attached hydrogen (secondary N) is 2. The standard InChI is InChI=1S/C18H18ClN7O4/c1-10(19)8-9-25-14-15(24(3)18(28)21-16(14)27)20-17(25)23-22-11(2)12-4-6-13(7-5-12)26(29)30/h4-8H,9H2,1-3H3,(H,20,23)(H,21,27,28)/b10-8-,22-11+. The minimum absolute atomic E-state index is 0.0234. The molecule has 0 atom stereocenters. The van der Waals surface area contributed by atoms with E-state index in [4.69, 9.17) is 11.6 Å². The molecule has 0 fully saturated rings. The molecule has 11 nitrogen and oxygen atoms in total. The normalized spacial score (nSPS) is 12.4. The molecule has 30 heavy (non-hydrogen) atoms. The number of imidazole rings is 1. The number of nitrogens with zero attached hydrogens (tertiary/aromatic N) is 5. The summed E-state index contributed by atoms with van der Waals surface area (Å²) in [6.45, 7) is 3.64. The van der Waals surface area contributed by atoms with Crippen LogP contribution in [0, 0.1) is 10.1 Å². The van der Waals surface area contributed by atoms with Crippen LogP contribution in [0.15, 0.2) is 50.1 Å². The third-order valence-electron chi connectivity index (χ3n) is 4.38. The van der Waals surface area contributed by atoms with Gasteiger partial charge in [-0.25, -0.2) is 10.2 Å². The van der Waals surface area contributed by atoms with Crippen molar-refractivity contribution in [3.63, 3.8) is 0 Å². The molecule has 3 rings (SSSR count). The number of nitro benzene ring substituents is 1. The van der Waals surface area contributed by atoms with Crippen molar-refractivity contribution in [2.45, 2.75) is 20.4 Å². The summed E-state index contributed by atoms with van der Waals surface area (Å²) in [5.74, 6) is 0.229. The fourth-order valence-electron chi connectivity index (χ4n) is 2.74. The van der Waals surface area contributed by atoms with Crippen LogP contribution in [0.2, 0.25) is 0 Å². The van der Waals surface area contributed by atoms with Crippen LogP contribution in [-0.4, -0.2) is 29.7 Å². The topological polar surface area (TPSA) is 140 Å². The predicted octanol–water partition coefficient (Wildman–Crippen LogP) is 2.31. The molecule has 0 saturated carbocycles. The first-order valence-electron chi connectivity index (χ1n) is 8.76. The highest BCUT2D eigenvalue weighted by Crippen LogP contribution is 2.17. The minimum atomic E-state index is -0.585. The second kappa shape index (κ2) is 8.33. The summed E-state index contributed by atoms with van der Waals surface area (Å²) in [4.78, 5) is 41.2. The molecule has 0 radical (unpaired) electrons. The molecular weight excluding hydrogens is 414 g/mol. The van der Waals surface area contributed by atoms with Crippen LogP contribution in [-0.2, 0) is 13.6 Å². The number of hydrogen-bond donors (Lipinski definition) is 2. The number of hydrazone groups is 1. The van der Waals surface area contributed by atoms with E-state index in [1.54, 1.807) is 36.6 Å². The maximum Gasteiger partial charge on any atom is 0.329 e. The van der Waals surface area contributed by atoms with E-state index in [-0.39, 0.29) is 29.3 Å². The van der Waals surface area contributed by atoms with Gasteiger partial charge in [-0.3, -0.25) is 29.0 Å². The van der Waals surface area contributed by atoms with Crippen LogP contribution < -0.4 is 16.7 Å². The van der Waals surface area contributed by atoms with E-state index in [0.29, 0.717) is 16.3 Å². The number of aromatic amines is 1. The smallest absolute Gasteiger partial charge is 0.299 e. The minimum Gasteiger partial charge on any atom is -0.299 e. The molecule has 156 valence electrons. The van der Waals surface area contributed by atoms with Gasteiger partial charge in [0.15, 0.2) is 11.2 Å². The Morgan fingerprint density at radius 2 is 2.00 bits per heavy atom. The Balaban J connectivity index is 2.04. The number of rotatable bonds is 6. The lowest BCUT2D eigenvalue weighted by Crippen LogP contribution is -2.29. The summed E-state index contributed by atoms with van der Waals surface area (Å²) in [7, 11) is 1.50. The Hall–Kier alpha value is -3.73. The van der Waals surface area contributed by atoms with Gasteiger partial charge >= 0.3 is 5.69 Å². The van der Waals surface area contributed by atoms with Crippen molar-refractivity contribution in [1.29, 1.82) is 0 Å². The average molecular weight is 432 g/mol. The zero-order valence-electron chi connectivity index (χ0n) is 16.3. The SMILES string of the molecule is C/C(Cl)=C/Cn1c(N/N=C(\C)c2ccc([N+](=O)[O-])cc2)nc2c1c(=O)[nH]c(=O)n2C. The Kier molecular flexibility index (Phi) is 5.83. The van der Waals surface area contributed by atoms with Gasteiger partial charge in [-0.05, 0) is 31.5 Å². The van der Waals surface area contributed by atoms with Crippen LogP contribution >= 0.6 is 11.6 Å². The number of benzene rings is 1. The highest BCUT2D eigenvalue weighted by Gasteiger charge is 2.16. The molecule has 0 amide bonds. The lowest BCUT2D eigenvalue weighted by Gasteiger charge is -2.07. The molecule has 0 bridgehead atoms. The Bertz CT molecular complexity index is 1300. The fourth-order valence-corrected chi connectivity index (χ4v) is 2.81. The number of aromatic nitrogens is 4. The van der Waals surface area contributed by atoms with Gasteiger partial charge in [-0.2, -0.15) is 10.1 Å². The molecule has 0 unspecified atom stereocenters. The summed E-state index contributed by atoms with van der Waals surface area (Å²) in [5, 5.41) is 15.6. The van der Waals surface area contributed by atoms with E-state index in [2.05, 4.69) is 20.5 Å². The monoisotopic (exact) mass is 431 g/mol. The first kappa shape index (κ1) is 21.0. The zero-order chi connectivity index (χ0) is 22.0. The summed E-state index contributed by atoms with van der Waals surface area (Å²) >= 11 is 5.93. The third kappa shape index (κ3) is 4.15. The maximum atomic E-state index is 12.4. The number of H-pyrrole nitrogens is 1. The van der Waals surface area contributed by atoms with Crippen molar-refractivity contribution < 1.29 is 4.92 Å². The molecule has 0 aliphatic carbocycles. The molecule has 0 spiro atoms. The van der Waals surface area contributed by atoms with Crippen LogP contribution in [0.5, 0.6) is 0 Å². The number of aryl methyl sites for hydroxylation is 1. The molecule has 1 aromatic carbocycles. The zero-order valence-corrected chi connectivity index (χ0v) is 17.1. The molecule has 2 aromatic heterocycles. The number of halogens is 1. The van der Waals surface area contributed by atoms with Crippen LogP contribution in [0.1, 0.15) is 19.4 Å². The highest BCUT2D eigenvalue weighted by atomic mass is 35.5. The number of fused-ring (bicyclic) bond motifs is 1. The highest BCUT2D eigenvalue weighted by molar-refractivity contribution is 6.29. The van der Waals surface area contributed by atoms with Gasteiger partial charge in [-0.15, -0.1) is 0 Å². The van der Waals surface area contributed by atoms with Gasteiger partial charge < -0.3 is 0 Å². The van der Waals surface area contributed by atoms with Crippen molar-refractivity contribution in [2.24, 2.45) is 12.1 Å². The maximum absolute atomic E-state index is 12.4. The van der Waals surface area contributed by atoms with Gasteiger partial charge in [0, 0.05) is 30.8 Å². The van der Waals surface area contributed by atoms with E-state index in [0.717, 1.165) is 0 Å². The molecular formula is C18H18ClN7O4. The molecule has 12 heteroatoms. The molecule has 0 aliphatic heterocycles. The predicted molar refractivity (Wildman–Crippen MR) is 114 cm³/mol. The number of nitro groups is 1. The first-order chi connectivity index (χ1) is 14.2. The summed E-state index contributed by atoms with van der Waals surface area (Å²) in [5.41, 5.74) is 3.20. The summed E-state index contributed by atoms with van der Waals surface area (Å²) in [6.07, 6.45) is 1.69. The fraction of sp³-hybridized carbons (Fsp3) is 0.222. The number of allylic oxidation sites excluding steroid dienone is 2. The van der Waals surface area contributed by atoms with Crippen molar-refractivity contribution in [1.82, 2.24) is 19.1 Å². The van der Waals surface area contributed by atoms with Crippen molar-refractivity contribution >= 4 is 40.1 Å². The van der Waals surface area contributed by atoms with Gasteiger partial charge in [0.25, 0.3) is 11.2 Å². The van der Waals surface area contributed by atoms with Crippen molar-refractivity contribution in [2.75, 3.05) is 5.43 Å². The van der Waals surface area contributed by atoms with Crippen LogP contribution in [0.3, 0.4) is 0 Å². The van der Waals surface area contributed by atoms with E-state index in [1.807, 2.05) is 0 Å². The van der Waals surface area contributed by atoms with E-state index >= 15 is 0 Å². The van der Waals surface area contributed by atoms with Crippen molar-refractivity contribution in [3.05, 3.63) is 71.9 Å². The van der Waals surface area contributed by atoms with Gasteiger partial charge in [0.2, 0.25) is 5.95 Å². The van der Waals surface area contributed by atoms with Gasteiger partial charge in [0.1, 0.15) is 0 Å².